The maximum absolute atomic E-state index is 11.2. The van der Waals surface area contributed by atoms with Gasteiger partial charge in [0, 0.05) is 16.6 Å². The highest BCUT2D eigenvalue weighted by molar-refractivity contribution is 7.92. The smallest absolute Gasteiger partial charge is 0.229 e. The lowest BCUT2D eigenvalue weighted by Gasteiger charge is -2.04. The van der Waals surface area contributed by atoms with E-state index in [0.29, 0.717) is 5.69 Å². The molecule has 4 nitrogen and oxygen atoms in total. The quantitative estimate of drug-likeness (QED) is 0.786. The lowest BCUT2D eigenvalue weighted by atomic mass is 10.1. The second kappa shape index (κ2) is 5.59. The van der Waals surface area contributed by atoms with Gasteiger partial charge < -0.3 is 0 Å². The average molecular weight is 336 g/mol. The molecule has 0 bridgehead atoms. The van der Waals surface area contributed by atoms with Crippen molar-refractivity contribution < 1.29 is 8.42 Å². The number of rotatable bonds is 4. The number of nitrogens with zero attached hydrogens (tertiary/aromatic N) is 1. The number of hydrogen-bond acceptors (Lipinski definition) is 5. The van der Waals surface area contributed by atoms with Crippen LogP contribution in [-0.4, -0.2) is 19.7 Å². The summed E-state index contributed by atoms with van der Waals surface area (Å²) in [7, 11) is -3.24. The molecule has 0 atom stereocenters. The molecule has 0 radical (unpaired) electrons. The molecule has 2 heterocycles. The molecular weight excluding hydrogens is 324 g/mol. The summed E-state index contributed by atoms with van der Waals surface area (Å²) in [5.74, 6) is 0. The maximum atomic E-state index is 11.2. The van der Waals surface area contributed by atoms with Crippen molar-refractivity contribution in [3.8, 4) is 21.1 Å². The van der Waals surface area contributed by atoms with Gasteiger partial charge in [0.25, 0.3) is 0 Å². The van der Waals surface area contributed by atoms with Crippen LogP contribution in [0, 0.1) is 0 Å². The zero-order valence-electron chi connectivity index (χ0n) is 11.1. The van der Waals surface area contributed by atoms with Crippen LogP contribution in [0.25, 0.3) is 21.1 Å². The second-order valence-corrected chi connectivity index (χ2v) is 8.02. The zero-order valence-corrected chi connectivity index (χ0v) is 13.6. The van der Waals surface area contributed by atoms with Gasteiger partial charge in [-0.3, -0.25) is 4.72 Å². The largest absolute Gasteiger partial charge is 0.284 e. The highest BCUT2D eigenvalue weighted by Gasteiger charge is 2.08. The van der Waals surface area contributed by atoms with Gasteiger partial charge >= 0.3 is 0 Å². The van der Waals surface area contributed by atoms with Gasteiger partial charge in [0.1, 0.15) is 5.01 Å². The van der Waals surface area contributed by atoms with E-state index in [9.17, 15) is 8.42 Å². The van der Waals surface area contributed by atoms with Gasteiger partial charge in [0.2, 0.25) is 10.0 Å². The molecular formula is C14H12N2O2S3. The van der Waals surface area contributed by atoms with Gasteiger partial charge in [0.05, 0.1) is 16.8 Å². The van der Waals surface area contributed by atoms with E-state index in [4.69, 9.17) is 0 Å². The van der Waals surface area contributed by atoms with Crippen molar-refractivity contribution in [3.05, 3.63) is 47.2 Å². The number of thiazole rings is 1. The Morgan fingerprint density at radius 2 is 1.86 bits per heavy atom. The Kier molecular flexibility index (Phi) is 3.79. The minimum atomic E-state index is -3.24. The first-order valence-corrected chi connectivity index (χ1v) is 9.74. The summed E-state index contributed by atoms with van der Waals surface area (Å²) < 4.78 is 24.8. The number of benzene rings is 1. The number of thiophene rings is 1. The molecule has 108 valence electrons. The fourth-order valence-electron chi connectivity index (χ4n) is 1.84. The van der Waals surface area contributed by atoms with Crippen LogP contribution >= 0.6 is 22.7 Å². The van der Waals surface area contributed by atoms with Gasteiger partial charge in [-0.1, -0.05) is 18.2 Å². The molecule has 0 aliphatic heterocycles. The van der Waals surface area contributed by atoms with E-state index in [1.54, 1.807) is 34.8 Å². The topological polar surface area (TPSA) is 59.1 Å². The molecule has 21 heavy (non-hydrogen) atoms. The van der Waals surface area contributed by atoms with Crippen LogP contribution in [-0.2, 0) is 10.0 Å². The molecule has 0 fully saturated rings. The molecule has 1 N–H and O–H groups in total. The summed E-state index contributed by atoms with van der Waals surface area (Å²) >= 11 is 3.27. The summed E-state index contributed by atoms with van der Waals surface area (Å²) in [5.41, 5.74) is 2.41. The third kappa shape index (κ3) is 3.49. The fourth-order valence-corrected chi connectivity index (χ4v) is 4.05. The summed E-state index contributed by atoms with van der Waals surface area (Å²) in [6.07, 6.45) is 1.13. The van der Waals surface area contributed by atoms with E-state index >= 15 is 0 Å². The van der Waals surface area contributed by atoms with Crippen LogP contribution in [0.3, 0.4) is 0 Å². The van der Waals surface area contributed by atoms with Crippen LogP contribution in [0.2, 0.25) is 0 Å². The van der Waals surface area contributed by atoms with Crippen LogP contribution in [0.5, 0.6) is 0 Å². The molecule has 0 spiro atoms. The molecule has 0 unspecified atom stereocenters. The minimum Gasteiger partial charge on any atom is -0.284 e. The first-order valence-electron chi connectivity index (χ1n) is 6.09. The first-order chi connectivity index (χ1) is 10.0. The van der Waals surface area contributed by atoms with Crippen molar-refractivity contribution >= 4 is 38.4 Å². The molecule has 3 aromatic rings. The van der Waals surface area contributed by atoms with Crippen LogP contribution in [0.4, 0.5) is 5.69 Å². The Hall–Kier alpha value is -1.70. The predicted molar refractivity (Wildman–Crippen MR) is 89.3 cm³/mol. The monoisotopic (exact) mass is 336 g/mol. The average Bonchev–Trinajstić information content (AvgIpc) is 3.09. The van der Waals surface area contributed by atoms with Gasteiger partial charge in [-0.15, -0.1) is 22.7 Å². The molecule has 0 aliphatic rings. The molecule has 0 amide bonds. The van der Waals surface area contributed by atoms with E-state index in [2.05, 4.69) is 9.71 Å². The lowest BCUT2D eigenvalue weighted by Crippen LogP contribution is -2.09. The zero-order chi connectivity index (χ0) is 14.9. The third-order valence-electron chi connectivity index (χ3n) is 2.72. The molecule has 2 aromatic heterocycles. The molecule has 1 aromatic carbocycles. The van der Waals surface area contributed by atoms with E-state index in [-0.39, 0.29) is 0 Å². The van der Waals surface area contributed by atoms with Gasteiger partial charge in [-0.2, -0.15) is 0 Å². The Morgan fingerprint density at radius 3 is 2.48 bits per heavy atom. The summed E-state index contributed by atoms with van der Waals surface area (Å²) in [6.45, 7) is 0. The van der Waals surface area contributed by atoms with Gasteiger partial charge in [0.15, 0.2) is 0 Å². The van der Waals surface area contributed by atoms with E-state index in [0.717, 1.165) is 27.4 Å². The number of aromatic nitrogens is 1. The Bertz CT molecular complexity index is 835. The van der Waals surface area contributed by atoms with Crippen molar-refractivity contribution in [3.63, 3.8) is 0 Å². The van der Waals surface area contributed by atoms with Crippen molar-refractivity contribution in [2.24, 2.45) is 0 Å². The van der Waals surface area contributed by atoms with Crippen molar-refractivity contribution in [2.75, 3.05) is 11.0 Å². The third-order valence-corrected chi connectivity index (χ3v) is 5.21. The summed E-state index contributed by atoms with van der Waals surface area (Å²) in [5, 5.41) is 5.04. The van der Waals surface area contributed by atoms with Crippen LogP contribution in [0.15, 0.2) is 47.2 Å². The van der Waals surface area contributed by atoms with E-state index < -0.39 is 10.0 Å². The Labute approximate surface area is 131 Å². The Balaban J connectivity index is 1.84. The maximum Gasteiger partial charge on any atom is 0.229 e. The van der Waals surface area contributed by atoms with Crippen molar-refractivity contribution in [1.29, 1.82) is 0 Å². The molecule has 0 saturated heterocycles. The fraction of sp³-hybridized carbons (Fsp3) is 0.0714. The first kappa shape index (κ1) is 14.2. The number of hydrogen-bond donors (Lipinski definition) is 1. The normalized spacial score (nSPS) is 11.5. The van der Waals surface area contributed by atoms with Crippen molar-refractivity contribution in [2.45, 2.75) is 0 Å². The molecule has 0 saturated carbocycles. The number of nitrogens with one attached hydrogen (secondary N) is 1. The molecule has 0 aliphatic carbocycles. The van der Waals surface area contributed by atoms with Gasteiger partial charge in [-0.25, -0.2) is 13.4 Å². The van der Waals surface area contributed by atoms with Crippen LogP contribution < -0.4 is 4.72 Å². The highest BCUT2D eigenvalue weighted by atomic mass is 32.2. The van der Waals surface area contributed by atoms with Crippen molar-refractivity contribution in [1.82, 2.24) is 4.98 Å². The number of sulfonamides is 1. The SMILES string of the molecule is CS(=O)(=O)Nc1ccc(-c2csc(-c3cccs3)n2)cc1. The van der Waals surface area contributed by atoms with E-state index in [1.807, 2.05) is 35.0 Å². The second-order valence-electron chi connectivity index (χ2n) is 4.47. The van der Waals surface area contributed by atoms with Gasteiger partial charge in [-0.05, 0) is 23.6 Å². The Morgan fingerprint density at radius 1 is 1.10 bits per heavy atom. The standard InChI is InChI=1S/C14H12N2O2S3/c1-21(17,18)16-11-6-4-10(5-7-11)12-9-20-14(15-12)13-3-2-8-19-13/h2-9,16H,1H3. The number of anilines is 1. The van der Waals surface area contributed by atoms with Crippen LogP contribution in [0.1, 0.15) is 0 Å². The summed E-state index contributed by atoms with van der Waals surface area (Å²) in [6, 6.07) is 11.3. The molecule has 7 heteroatoms. The molecule has 3 rings (SSSR count). The minimum absolute atomic E-state index is 0.551. The summed E-state index contributed by atoms with van der Waals surface area (Å²) in [4.78, 5) is 5.77. The van der Waals surface area contributed by atoms with E-state index in [1.165, 1.54) is 0 Å². The predicted octanol–water partition coefficient (Wildman–Crippen LogP) is 3.91. The highest BCUT2D eigenvalue weighted by Crippen LogP contribution is 2.31. The lowest BCUT2D eigenvalue weighted by molar-refractivity contribution is 0.607.